The smallest absolute Gasteiger partial charge is 0.251 e. The monoisotopic (exact) mass is 520 g/mol. The lowest BCUT2D eigenvalue weighted by atomic mass is 10.1. The van der Waals surface area contributed by atoms with Crippen molar-refractivity contribution in [2.24, 2.45) is 0 Å². The maximum Gasteiger partial charge on any atom is 0.251 e. The van der Waals surface area contributed by atoms with Gasteiger partial charge in [0.1, 0.15) is 12.7 Å². The molecule has 34 heavy (non-hydrogen) atoms. The van der Waals surface area contributed by atoms with E-state index >= 15 is 0 Å². The van der Waals surface area contributed by atoms with Crippen molar-refractivity contribution in [2.45, 2.75) is 12.6 Å². The summed E-state index contributed by atoms with van der Waals surface area (Å²) < 4.78 is 37.5. The fraction of sp³-hybridized carbons (Fsp3) is 0.208. The lowest BCUT2D eigenvalue weighted by molar-refractivity contribution is 0.0789. The summed E-state index contributed by atoms with van der Waals surface area (Å²) in [6, 6.07) is 18.7. The molecule has 4 rings (SSSR count). The Hall–Kier alpha value is -2.94. The molecule has 0 radical (unpaired) electrons. The highest BCUT2D eigenvalue weighted by Crippen LogP contribution is 2.31. The van der Waals surface area contributed by atoms with Crippen molar-refractivity contribution in [1.82, 2.24) is 5.32 Å². The van der Waals surface area contributed by atoms with E-state index in [4.69, 9.17) is 32.7 Å². The van der Waals surface area contributed by atoms with Crippen molar-refractivity contribution in [3.63, 3.8) is 0 Å². The van der Waals surface area contributed by atoms with Crippen LogP contribution in [0.3, 0.4) is 0 Å². The maximum atomic E-state index is 12.6. The Morgan fingerprint density at radius 2 is 1.68 bits per heavy atom. The number of carbonyl (C=O) groups is 1. The quantitative estimate of drug-likeness (QED) is 0.494. The van der Waals surface area contributed by atoms with Gasteiger partial charge in [-0.05, 0) is 48.0 Å². The van der Waals surface area contributed by atoms with Gasteiger partial charge in [0.25, 0.3) is 5.91 Å². The molecule has 1 amide bonds. The van der Waals surface area contributed by atoms with Gasteiger partial charge in [0.2, 0.25) is 10.0 Å². The molecule has 10 heteroatoms. The number of ether oxygens (including phenoxy) is 2. The molecule has 0 fully saturated rings. The molecule has 1 atom stereocenters. The molecule has 1 N–H and O–H groups in total. The number of benzene rings is 3. The fourth-order valence-corrected chi connectivity index (χ4v) is 4.87. The predicted octanol–water partition coefficient (Wildman–Crippen LogP) is 4.53. The van der Waals surface area contributed by atoms with E-state index in [2.05, 4.69) is 5.32 Å². The molecule has 3 aromatic carbocycles. The molecule has 0 aromatic heterocycles. The number of amides is 1. The van der Waals surface area contributed by atoms with Gasteiger partial charge in [0.05, 0.1) is 25.0 Å². The number of nitrogens with zero attached hydrogens (tertiary/aromatic N) is 1. The third-order valence-electron chi connectivity index (χ3n) is 5.14. The molecule has 0 saturated carbocycles. The average molecular weight is 521 g/mol. The van der Waals surface area contributed by atoms with E-state index in [1.54, 1.807) is 24.3 Å². The van der Waals surface area contributed by atoms with Crippen molar-refractivity contribution in [3.05, 3.63) is 87.9 Å². The molecular weight excluding hydrogens is 499 g/mol. The van der Waals surface area contributed by atoms with Gasteiger partial charge in [-0.3, -0.25) is 9.10 Å². The van der Waals surface area contributed by atoms with Gasteiger partial charge in [-0.15, -0.1) is 0 Å². The predicted molar refractivity (Wildman–Crippen MR) is 133 cm³/mol. The number of carbonyl (C=O) groups excluding carboxylic acids is 1. The SMILES string of the molecule is CS(=O)(=O)N(Cc1ccc(C(=O)NC[C@H]2COc3ccccc3O2)cc1)c1cc(Cl)cc(Cl)c1. The van der Waals surface area contributed by atoms with Crippen LogP contribution in [0.4, 0.5) is 5.69 Å². The molecule has 7 nitrogen and oxygen atoms in total. The van der Waals surface area contributed by atoms with E-state index in [0.717, 1.165) is 6.26 Å². The van der Waals surface area contributed by atoms with Gasteiger partial charge in [-0.2, -0.15) is 0 Å². The molecule has 0 aliphatic carbocycles. The largest absolute Gasteiger partial charge is 0.486 e. The van der Waals surface area contributed by atoms with Crippen LogP contribution in [-0.2, 0) is 16.6 Å². The first kappa shape index (κ1) is 24.2. The molecule has 1 heterocycles. The zero-order valence-electron chi connectivity index (χ0n) is 18.2. The van der Waals surface area contributed by atoms with Crippen molar-refractivity contribution in [1.29, 1.82) is 0 Å². The van der Waals surface area contributed by atoms with Crippen molar-refractivity contribution in [3.8, 4) is 11.5 Å². The highest BCUT2D eigenvalue weighted by atomic mass is 35.5. The summed E-state index contributed by atoms with van der Waals surface area (Å²) in [4.78, 5) is 12.6. The molecule has 1 aliphatic rings. The van der Waals surface area contributed by atoms with Crippen LogP contribution >= 0.6 is 23.2 Å². The molecule has 0 bridgehead atoms. The zero-order chi connectivity index (χ0) is 24.3. The van der Waals surface area contributed by atoms with Crippen LogP contribution in [-0.4, -0.2) is 39.8 Å². The van der Waals surface area contributed by atoms with Crippen molar-refractivity contribution >= 4 is 44.8 Å². The first-order valence-electron chi connectivity index (χ1n) is 10.4. The van der Waals surface area contributed by atoms with E-state index in [1.165, 1.54) is 22.5 Å². The molecule has 3 aromatic rings. The normalized spacial score (nSPS) is 15.0. The number of hydrogen-bond donors (Lipinski definition) is 1. The summed E-state index contributed by atoms with van der Waals surface area (Å²) in [5.74, 6) is 1.06. The Morgan fingerprint density at radius 1 is 1.03 bits per heavy atom. The number of anilines is 1. The molecular formula is C24H22Cl2N2O5S. The van der Waals surface area contributed by atoms with Gasteiger partial charge in [-0.1, -0.05) is 47.5 Å². The number of para-hydroxylation sites is 2. The second-order valence-electron chi connectivity index (χ2n) is 7.80. The van der Waals surface area contributed by atoms with Gasteiger partial charge in [-0.25, -0.2) is 8.42 Å². The third kappa shape index (κ3) is 5.94. The third-order valence-corrected chi connectivity index (χ3v) is 6.71. The molecule has 178 valence electrons. The highest BCUT2D eigenvalue weighted by molar-refractivity contribution is 7.92. The Balaban J connectivity index is 1.39. The minimum absolute atomic E-state index is 0.0596. The van der Waals surface area contributed by atoms with Crippen molar-refractivity contribution < 1.29 is 22.7 Å². The van der Waals surface area contributed by atoms with Crippen LogP contribution in [0.15, 0.2) is 66.7 Å². The fourth-order valence-electron chi connectivity index (χ4n) is 3.48. The van der Waals surface area contributed by atoms with E-state index in [9.17, 15) is 13.2 Å². The molecule has 0 spiro atoms. The lowest BCUT2D eigenvalue weighted by Crippen LogP contribution is -2.40. The molecule has 0 unspecified atom stereocenters. The Labute approximate surface area is 208 Å². The van der Waals surface area contributed by atoms with E-state index in [-0.39, 0.29) is 25.1 Å². The van der Waals surface area contributed by atoms with E-state index in [1.807, 2.05) is 24.3 Å². The summed E-state index contributed by atoms with van der Waals surface area (Å²) in [6.45, 7) is 0.682. The first-order chi connectivity index (χ1) is 16.2. The number of fused-ring (bicyclic) bond motifs is 1. The van der Waals surface area contributed by atoms with Crippen LogP contribution in [0.1, 0.15) is 15.9 Å². The summed E-state index contributed by atoms with van der Waals surface area (Å²) in [7, 11) is -3.61. The van der Waals surface area contributed by atoms with Gasteiger partial charge in [0, 0.05) is 15.6 Å². The number of hydrogen-bond acceptors (Lipinski definition) is 5. The Bertz CT molecular complexity index is 1280. The molecule has 1 aliphatic heterocycles. The average Bonchev–Trinajstić information content (AvgIpc) is 2.80. The van der Waals surface area contributed by atoms with Crippen LogP contribution in [0.2, 0.25) is 10.0 Å². The zero-order valence-corrected chi connectivity index (χ0v) is 20.5. The second-order valence-corrected chi connectivity index (χ2v) is 10.6. The highest BCUT2D eigenvalue weighted by Gasteiger charge is 2.22. The topological polar surface area (TPSA) is 84.9 Å². The maximum absolute atomic E-state index is 12.6. The van der Waals surface area contributed by atoms with Crippen LogP contribution in [0.5, 0.6) is 11.5 Å². The minimum Gasteiger partial charge on any atom is -0.486 e. The van der Waals surface area contributed by atoms with Crippen LogP contribution in [0.25, 0.3) is 0 Å². The number of sulfonamides is 1. The van der Waals surface area contributed by atoms with Gasteiger partial charge in [0.15, 0.2) is 11.5 Å². The standard InChI is InChI=1S/C24H22Cl2N2O5S/c1-34(30,31)28(20-11-18(25)10-19(26)12-20)14-16-6-8-17(9-7-16)24(29)27-13-21-15-32-22-4-2-3-5-23(22)33-21/h2-12,21H,13-15H2,1H3,(H,27,29)/t21-/m0/s1. The number of nitrogens with one attached hydrogen (secondary N) is 1. The molecule has 0 saturated heterocycles. The Kier molecular flexibility index (Phi) is 7.21. The summed E-state index contributed by atoms with van der Waals surface area (Å²) >= 11 is 12.1. The van der Waals surface area contributed by atoms with Gasteiger partial charge < -0.3 is 14.8 Å². The van der Waals surface area contributed by atoms with Crippen LogP contribution < -0.4 is 19.1 Å². The summed E-state index contributed by atoms with van der Waals surface area (Å²) in [5.41, 5.74) is 1.49. The Morgan fingerprint density at radius 3 is 2.32 bits per heavy atom. The van der Waals surface area contributed by atoms with Crippen molar-refractivity contribution in [2.75, 3.05) is 23.7 Å². The van der Waals surface area contributed by atoms with E-state index in [0.29, 0.717) is 45.0 Å². The lowest BCUT2D eigenvalue weighted by Gasteiger charge is -2.26. The second kappa shape index (κ2) is 10.1. The van der Waals surface area contributed by atoms with Crippen LogP contribution in [0, 0.1) is 0 Å². The summed E-state index contributed by atoms with van der Waals surface area (Å²) in [5, 5.41) is 3.51. The van der Waals surface area contributed by atoms with Gasteiger partial charge >= 0.3 is 0 Å². The first-order valence-corrected chi connectivity index (χ1v) is 13.0. The van der Waals surface area contributed by atoms with E-state index < -0.39 is 10.0 Å². The number of halogens is 2. The minimum atomic E-state index is -3.61. The number of rotatable bonds is 7. The summed E-state index contributed by atoms with van der Waals surface area (Å²) in [6.07, 6.45) is 0.810.